The molecule has 0 N–H and O–H groups in total. The third-order valence-electron chi connectivity index (χ3n) is 6.71. The van der Waals surface area contributed by atoms with Gasteiger partial charge in [0.15, 0.2) is 0 Å². The molecular formula is C27H20N2O2. The number of fused-ring (bicyclic) bond motifs is 5. The zero-order valence-electron chi connectivity index (χ0n) is 16.8. The number of anilines is 1. The first-order valence-corrected chi connectivity index (χ1v) is 10.6. The number of imide groups is 1. The number of hydrogen-bond acceptors (Lipinski definition) is 3. The van der Waals surface area contributed by atoms with E-state index >= 15 is 0 Å². The molecule has 0 unspecified atom stereocenters. The van der Waals surface area contributed by atoms with Crippen molar-refractivity contribution < 1.29 is 9.59 Å². The van der Waals surface area contributed by atoms with Crippen LogP contribution < -0.4 is 4.90 Å². The minimum absolute atomic E-state index is 0.0735. The van der Waals surface area contributed by atoms with E-state index in [1.807, 2.05) is 36.4 Å². The summed E-state index contributed by atoms with van der Waals surface area (Å²) in [7, 11) is 0. The Morgan fingerprint density at radius 3 is 1.68 bits per heavy atom. The molecule has 0 radical (unpaired) electrons. The van der Waals surface area contributed by atoms with Gasteiger partial charge < -0.3 is 0 Å². The normalized spacial score (nSPS) is 25.9. The van der Waals surface area contributed by atoms with Crippen LogP contribution in [0.4, 0.5) is 5.82 Å². The van der Waals surface area contributed by atoms with Crippen LogP contribution in [-0.2, 0) is 9.59 Å². The number of nitrogens with zero attached hydrogens (tertiary/aromatic N) is 2. The molecule has 4 nitrogen and oxygen atoms in total. The summed E-state index contributed by atoms with van der Waals surface area (Å²) in [6.45, 7) is 0. The van der Waals surface area contributed by atoms with Gasteiger partial charge in [-0.2, -0.15) is 0 Å². The molecule has 3 aliphatic rings. The second-order valence-corrected chi connectivity index (χ2v) is 8.25. The van der Waals surface area contributed by atoms with Crippen molar-refractivity contribution in [2.45, 2.75) is 0 Å². The molecule has 3 aromatic rings. The second kappa shape index (κ2) is 6.88. The molecule has 1 saturated carbocycles. The Labute approximate surface area is 180 Å². The van der Waals surface area contributed by atoms with Crippen LogP contribution in [0.3, 0.4) is 0 Å². The zero-order chi connectivity index (χ0) is 20.9. The van der Waals surface area contributed by atoms with E-state index in [0.29, 0.717) is 5.82 Å². The van der Waals surface area contributed by atoms with Crippen LogP contribution in [0.2, 0.25) is 0 Å². The predicted octanol–water partition coefficient (Wildman–Crippen LogP) is 4.51. The molecule has 4 heteroatoms. The maximum atomic E-state index is 13.4. The van der Waals surface area contributed by atoms with Crippen molar-refractivity contribution in [3.05, 3.63) is 114 Å². The molecule has 2 aliphatic carbocycles. The number of carbonyl (C=O) groups excluding carboxylic acids is 2. The van der Waals surface area contributed by atoms with Crippen LogP contribution in [0.1, 0.15) is 11.1 Å². The third-order valence-corrected chi connectivity index (χ3v) is 6.71. The second-order valence-electron chi connectivity index (χ2n) is 8.25. The van der Waals surface area contributed by atoms with E-state index in [1.54, 1.807) is 24.4 Å². The number of hydrogen-bond donors (Lipinski definition) is 0. The summed E-state index contributed by atoms with van der Waals surface area (Å²) in [6, 6.07) is 25.9. The van der Waals surface area contributed by atoms with Crippen molar-refractivity contribution >= 4 is 23.2 Å². The van der Waals surface area contributed by atoms with E-state index in [1.165, 1.54) is 10.5 Å². The van der Waals surface area contributed by atoms with Crippen molar-refractivity contribution in [1.29, 1.82) is 0 Å². The molecule has 150 valence electrons. The summed E-state index contributed by atoms with van der Waals surface area (Å²) in [5.41, 5.74) is 4.56. The van der Waals surface area contributed by atoms with Crippen LogP contribution in [0.15, 0.2) is 103 Å². The average Bonchev–Trinajstić information content (AvgIpc) is 3.45. The number of rotatable bonds is 3. The lowest BCUT2D eigenvalue weighted by Crippen LogP contribution is -2.33. The van der Waals surface area contributed by atoms with E-state index in [0.717, 1.165) is 16.7 Å². The highest BCUT2D eigenvalue weighted by Crippen LogP contribution is 2.58. The first-order valence-electron chi connectivity index (χ1n) is 10.6. The molecule has 2 bridgehead atoms. The van der Waals surface area contributed by atoms with Gasteiger partial charge in [0.2, 0.25) is 11.8 Å². The Kier molecular flexibility index (Phi) is 4.00. The maximum absolute atomic E-state index is 13.4. The van der Waals surface area contributed by atoms with Crippen LogP contribution in [0.25, 0.3) is 5.57 Å². The fraction of sp³-hybridized carbons (Fsp3) is 0.148. The topological polar surface area (TPSA) is 50.3 Å². The average molecular weight is 404 g/mol. The highest BCUT2D eigenvalue weighted by molar-refractivity contribution is 6.23. The van der Waals surface area contributed by atoms with E-state index in [-0.39, 0.29) is 35.5 Å². The lowest BCUT2D eigenvalue weighted by molar-refractivity contribution is -0.123. The predicted molar refractivity (Wildman–Crippen MR) is 119 cm³/mol. The fourth-order valence-corrected chi connectivity index (χ4v) is 5.52. The fourth-order valence-electron chi connectivity index (χ4n) is 5.52. The molecule has 1 aliphatic heterocycles. The molecule has 2 fully saturated rings. The first kappa shape index (κ1) is 18.0. The summed E-state index contributed by atoms with van der Waals surface area (Å²) in [6.07, 6.45) is 5.87. The Morgan fingerprint density at radius 1 is 0.677 bits per heavy atom. The smallest absolute Gasteiger partial charge is 0.239 e. The van der Waals surface area contributed by atoms with Crippen molar-refractivity contribution in [2.75, 3.05) is 4.90 Å². The van der Waals surface area contributed by atoms with Gasteiger partial charge in [0, 0.05) is 18.0 Å². The van der Waals surface area contributed by atoms with Gasteiger partial charge in [-0.05, 0) is 34.4 Å². The molecule has 4 atom stereocenters. The quantitative estimate of drug-likeness (QED) is 0.477. The van der Waals surface area contributed by atoms with Gasteiger partial charge >= 0.3 is 0 Å². The number of allylic oxidation sites excluding steroid dienone is 3. The molecule has 1 saturated heterocycles. The first-order chi connectivity index (χ1) is 15.3. The Morgan fingerprint density at radius 2 is 1.19 bits per heavy atom. The zero-order valence-corrected chi connectivity index (χ0v) is 16.8. The summed E-state index contributed by atoms with van der Waals surface area (Å²) >= 11 is 0. The maximum Gasteiger partial charge on any atom is 0.239 e. The van der Waals surface area contributed by atoms with Crippen LogP contribution in [-0.4, -0.2) is 16.8 Å². The number of pyridine rings is 1. The van der Waals surface area contributed by atoms with Crippen molar-refractivity contribution in [3.8, 4) is 0 Å². The minimum Gasteiger partial charge on any atom is -0.274 e. The standard InChI is InChI=1S/C27H20N2O2/c30-26-24-19-14-15-20(25(24)27(31)29(26)21-13-7-8-16-28-21)23(19)22(17-9-3-1-4-10-17)18-11-5-2-6-12-18/h1-16,19-20,24-25H/t19-,20-,24-,25+/m0/s1. The van der Waals surface area contributed by atoms with E-state index in [4.69, 9.17) is 0 Å². The lowest BCUT2D eigenvalue weighted by Gasteiger charge is -2.21. The molecule has 2 amide bonds. The van der Waals surface area contributed by atoms with E-state index < -0.39 is 0 Å². The van der Waals surface area contributed by atoms with Crippen molar-refractivity contribution in [1.82, 2.24) is 4.98 Å². The van der Waals surface area contributed by atoms with Gasteiger partial charge in [-0.25, -0.2) is 9.88 Å². The SMILES string of the molecule is O=C1[C@@H]2[C@H](C(=O)N1c1ccccn1)[C@H]1C=C[C@H]2C1=C(c1ccccc1)c1ccccc1. The molecule has 1 aromatic heterocycles. The molecule has 6 rings (SSSR count). The molecule has 31 heavy (non-hydrogen) atoms. The highest BCUT2D eigenvalue weighted by atomic mass is 16.2. The Hall–Kier alpha value is -3.79. The van der Waals surface area contributed by atoms with Gasteiger partial charge in [0.05, 0.1) is 11.8 Å². The third kappa shape index (κ3) is 2.58. The monoisotopic (exact) mass is 404 g/mol. The summed E-state index contributed by atoms with van der Waals surface area (Å²) < 4.78 is 0. The van der Waals surface area contributed by atoms with Crippen LogP contribution in [0.5, 0.6) is 0 Å². The van der Waals surface area contributed by atoms with Crippen molar-refractivity contribution in [3.63, 3.8) is 0 Å². The molecule has 2 aromatic carbocycles. The number of carbonyl (C=O) groups is 2. The highest BCUT2D eigenvalue weighted by Gasteiger charge is 2.62. The Bertz CT molecular complexity index is 1160. The van der Waals surface area contributed by atoms with Gasteiger partial charge in [-0.3, -0.25) is 9.59 Å². The number of benzene rings is 2. The van der Waals surface area contributed by atoms with Gasteiger partial charge in [-0.15, -0.1) is 0 Å². The summed E-state index contributed by atoms with van der Waals surface area (Å²) in [5, 5.41) is 0. The number of aromatic nitrogens is 1. The summed E-state index contributed by atoms with van der Waals surface area (Å²) in [5.74, 6) is -0.717. The van der Waals surface area contributed by atoms with E-state index in [2.05, 4.69) is 41.4 Å². The Balaban J connectivity index is 1.50. The minimum atomic E-state index is -0.359. The van der Waals surface area contributed by atoms with Crippen LogP contribution in [0, 0.1) is 23.7 Å². The number of amides is 2. The largest absolute Gasteiger partial charge is 0.274 e. The molecule has 0 spiro atoms. The molecule has 2 heterocycles. The van der Waals surface area contributed by atoms with Gasteiger partial charge in [0.25, 0.3) is 0 Å². The van der Waals surface area contributed by atoms with E-state index in [9.17, 15) is 9.59 Å². The molecular weight excluding hydrogens is 384 g/mol. The van der Waals surface area contributed by atoms with Gasteiger partial charge in [0.1, 0.15) is 5.82 Å². The van der Waals surface area contributed by atoms with Crippen LogP contribution >= 0.6 is 0 Å². The van der Waals surface area contributed by atoms with Crippen molar-refractivity contribution in [2.24, 2.45) is 23.7 Å². The van der Waals surface area contributed by atoms with Gasteiger partial charge in [-0.1, -0.05) is 78.9 Å². The summed E-state index contributed by atoms with van der Waals surface area (Å²) in [4.78, 5) is 32.4. The lowest BCUT2D eigenvalue weighted by atomic mass is 9.85.